The number of carbonyl (C=O) groups excluding carboxylic acids is 1. The Labute approximate surface area is 65.9 Å². The fourth-order valence-electron chi connectivity index (χ4n) is 1.73. The van der Waals surface area contributed by atoms with Gasteiger partial charge in [-0.3, -0.25) is 10.1 Å². The summed E-state index contributed by atoms with van der Waals surface area (Å²) in [6, 6.07) is 0. The average molecular weight is 155 g/mol. The van der Waals surface area contributed by atoms with E-state index in [-0.39, 0.29) is 11.4 Å². The quantitative estimate of drug-likeness (QED) is 0.414. The Hall–Kier alpha value is -0.610. The van der Waals surface area contributed by atoms with Gasteiger partial charge < -0.3 is 10.2 Å². The smallest absolute Gasteiger partial charge is 0.243 e. The van der Waals surface area contributed by atoms with E-state index in [0.29, 0.717) is 0 Å². The molecule has 0 radical (unpaired) electrons. The van der Waals surface area contributed by atoms with Crippen LogP contribution in [0.2, 0.25) is 0 Å². The van der Waals surface area contributed by atoms with Crippen molar-refractivity contribution in [3.05, 3.63) is 0 Å². The number of amides is 1. The number of carbonyl (C=O) groups is 1. The summed E-state index contributed by atoms with van der Waals surface area (Å²) in [6.45, 7) is 3.59. The minimum Gasteiger partial charge on any atom is -0.352 e. The molecule has 2 fully saturated rings. The number of hydrogen-bond acceptors (Lipinski definition) is 3. The maximum absolute atomic E-state index is 11.2. The summed E-state index contributed by atoms with van der Waals surface area (Å²) >= 11 is 0. The molecule has 2 saturated heterocycles. The molecule has 0 unspecified atom stereocenters. The van der Waals surface area contributed by atoms with E-state index in [4.69, 9.17) is 0 Å². The van der Waals surface area contributed by atoms with Gasteiger partial charge in [0.1, 0.15) is 5.54 Å². The van der Waals surface area contributed by atoms with E-state index in [1.165, 1.54) is 0 Å². The molecule has 0 bridgehead atoms. The molecule has 0 aromatic carbocycles. The minimum absolute atomic E-state index is 0.157. The molecule has 1 amide bonds. The summed E-state index contributed by atoms with van der Waals surface area (Å²) in [4.78, 5) is 13.3. The zero-order valence-electron chi connectivity index (χ0n) is 6.68. The highest BCUT2D eigenvalue weighted by Crippen LogP contribution is 2.16. The number of piperazine rings is 1. The molecule has 2 N–H and O–H groups in total. The van der Waals surface area contributed by atoms with E-state index in [1.807, 2.05) is 7.05 Å². The van der Waals surface area contributed by atoms with Crippen molar-refractivity contribution in [2.45, 2.75) is 5.54 Å². The van der Waals surface area contributed by atoms with Gasteiger partial charge in [-0.05, 0) is 7.05 Å². The Morgan fingerprint density at radius 1 is 1.64 bits per heavy atom. The molecule has 4 heteroatoms. The zero-order valence-corrected chi connectivity index (χ0v) is 6.68. The Morgan fingerprint density at radius 3 is 2.82 bits per heavy atom. The third-order valence-electron chi connectivity index (χ3n) is 2.48. The summed E-state index contributed by atoms with van der Waals surface area (Å²) in [6.07, 6.45) is 0. The molecular weight excluding hydrogens is 142 g/mol. The zero-order chi connectivity index (χ0) is 7.90. The number of β-lactam (4-membered cyclic amide) rings is 1. The summed E-state index contributed by atoms with van der Waals surface area (Å²) in [5.41, 5.74) is -0.243. The van der Waals surface area contributed by atoms with Gasteiger partial charge in [-0.25, -0.2) is 0 Å². The van der Waals surface area contributed by atoms with Crippen LogP contribution >= 0.6 is 0 Å². The molecule has 2 aliphatic heterocycles. The molecule has 0 aromatic heterocycles. The fourth-order valence-corrected chi connectivity index (χ4v) is 1.73. The number of nitrogens with zero attached hydrogens (tertiary/aromatic N) is 1. The standard InChI is InChI=1S/C7H13N3O/c1-10-3-2-9-7(5-10)4-8-6(7)11/h9H,2-5H2,1H3,(H,8,11)/t7-/m0/s1. The van der Waals surface area contributed by atoms with Crippen LogP contribution in [0.1, 0.15) is 0 Å². The molecule has 0 aromatic rings. The van der Waals surface area contributed by atoms with E-state index in [0.717, 1.165) is 26.2 Å². The van der Waals surface area contributed by atoms with Gasteiger partial charge in [0.2, 0.25) is 5.91 Å². The van der Waals surface area contributed by atoms with Crippen LogP contribution in [-0.2, 0) is 4.79 Å². The molecule has 11 heavy (non-hydrogen) atoms. The van der Waals surface area contributed by atoms with E-state index in [1.54, 1.807) is 0 Å². The SMILES string of the molecule is CN1CCN[C@@]2(CNC2=O)C1. The molecule has 0 aliphatic carbocycles. The lowest BCUT2D eigenvalue weighted by atomic mass is 9.89. The lowest BCUT2D eigenvalue weighted by Crippen LogP contribution is -2.78. The largest absolute Gasteiger partial charge is 0.352 e. The van der Waals surface area contributed by atoms with Gasteiger partial charge in [0.25, 0.3) is 0 Å². The number of likely N-dealkylation sites (N-methyl/N-ethyl adjacent to an activating group) is 1. The number of nitrogens with one attached hydrogen (secondary N) is 2. The van der Waals surface area contributed by atoms with Crippen molar-refractivity contribution in [3.8, 4) is 0 Å². The van der Waals surface area contributed by atoms with Gasteiger partial charge in [0.15, 0.2) is 0 Å². The second kappa shape index (κ2) is 2.19. The molecule has 4 nitrogen and oxygen atoms in total. The third-order valence-corrected chi connectivity index (χ3v) is 2.48. The monoisotopic (exact) mass is 155 g/mol. The molecular formula is C7H13N3O. The van der Waals surface area contributed by atoms with Crippen molar-refractivity contribution < 1.29 is 4.79 Å². The second-order valence-electron chi connectivity index (χ2n) is 3.43. The van der Waals surface area contributed by atoms with Crippen molar-refractivity contribution >= 4 is 5.91 Å². The van der Waals surface area contributed by atoms with E-state index in [2.05, 4.69) is 15.5 Å². The lowest BCUT2D eigenvalue weighted by Gasteiger charge is -2.47. The van der Waals surface area contributed by atoms with Crippen molar-refractivity contribution in [2.75, 3.05) is 33.2 Å². The highest BCUT2D eigenvalue weighted by Gasteiger charge is 2.47. The Kier molecular flexibility index (Phi) is 1.40. The van der Waals surface area contributed by atoms with Crippen LogP contribution in [0, 0.1) is 0 Å². The normalized spacial score (nSPS) is 38.5. The van der Waals surface area contributed by atoms with Crippen LogP contribution in [0.5, 0.6) is 0 Å². The number of rotatable bonds is 0. The van der Waals surface area contributed by atoms with Crippen LogP contribution < -0.4 is 10.6 Å². The summed E-state index contributed by atoms with van der Waals surface area (Å²) < 4.78 is 0. The first-order valence-corrected chi connectivity index (χ1v) is 3.95. The highest BCUT2D eigenvalue weighted by molar-refractivity contribution is 5.93. The van der Waals surface area contributed by atoms with Gasteiger partial charge in [0, 0.05) is 26.2 Å². The average Bonchev–Trinajstić information content (AvgIpc) is 2.02. The molecule has 62 valence electrons. The molecule has 0 saturated carbocycles. The maximum atomic E-state index is 11.2. The van der Waals surface area contributed by atoms with Gasteiger partial charge >= 0.3 is 0 Å². The van der Waals surface area contributed by atoms with Gasteiger partial charge in [-0.1, -0.05) is 0 Å². The molecule has 2 heterocycles. The predicted octanol–water partition coefficient (Wildman–Crippen LogP) is -1.61. The topological polar surface area (TPSA) is 44.4 Å². The Bertz CT molecular complexity index is 194. The van der Waals surface area contributed by atoms with Crippen molar-refractivity contribution in [2.24, 2.45) is 0 Å². The second-order valence-corrected chi connectivity index (χ2v) is 3.43. The minimum atomic E-state index is -0.243. The summed E-state index contributed by atoms with van der Waals surface area (Å²) in [5.74, 6) is 0.157. The van der Waals surface area contributed by atoms with Crippen LogP contribution in [-0.4, -0.2) is 49.6 Å². The van der Waals surface area contributed by atoms with E-state index < -0.39 is 0 Å². The van der Waals surface area contributed by atoms with Gasteiger partial charge in [-0.2, -0.15) is 0 Å². The van der Waals surface area contributed by atoms with Crippen LogP contribution in [0.4, 0.5) is 0 Å². The van der Waals surface area contributed by atoms with E-state index in [9.17, 15) is 4.79 Å². The first-order valence-electron chi connectivity index (χ1n) is 3.95. The van der Waals surface area contributed by atoms with E-state index >= 15 is 0 Å². The Morgan fingerprint density at radius 2 is 2.45 bits per heavy atom. The van der Waals surface area contributed by atoms with Crippen molar-refractivity contribution in [1.29, 1.82) is 0 Å². The maximum Gasteiger partial charge on any atom is 0.243 e. The summed E-state index contributed by atoms with van der Waals surface area (Å²) in [7, 11) is 2.05. The van der Waals surface area contributed by atoms with Gasteiger partial charge in [-0.15, -0.1) is 0 Å². The first kappa shape index (κ1) is 7.06. The molecule has 1 atom stereocenters. The fraction of sp³-hybridized carbons (Fsp3) is 0.857. The van der Waals surface area contributed by atoms with Gasteiger partial charge in [0.05, 0.1) is 0 Å². The summed E-state index contributed by atoms with van der Waals surface area (Å²) in [5, 5.41) is 6.02. The number of hydrogen-bond donors (Lipinski definition) is 2. The first-order chi connectivity index (χ1) is 5.23. The van der Waals surface area contributed by atoms with Crippen molar-refractivity contribution in [3.63, 3.8) is 0 Å². The van der Waals surface area contributed by atoms with Crippen molar-refractivity contribution in [1.82, 2.24) is 15.5 Å². The Balaban J connectivity index is 2.07. The molecule has 1 spiro atoms. The molecule has 2 aliphatic rings. The highest BCUT2D eigenvalue weighted by atomic mass is 16.2. The predicted molar refractivity (Wildman–Crippen MR) is 41.2 cm³/mol. The molecule has 2 rings (SSSR count). The van der Waals surface area contributed by atoms with Crippen LogP contribution in [0.3, 0.4) is 0 Å². The van der Waals surface area contributed by atoms with Crippen LogP contribution in [0.25, 0.3) is 0 Å². The lowest BCUT2D eigenvalue weighted by molar-refractivity contribution is -0.137. The van der Waals surface area contributed by atoms with Crippen LogP contribution in [0.15, 0.2) is 0 Å². The third kappa shape index (κ3) is 0.937.